The van der Waals surface area contributed by atoms with Crippen LogP contribution in [0.1, 0.15) is 65.5 Å². The van der Waals surface area contributed by atoms with E-state index in [1.54, 1.807) is 7.11 Å². The molecule has 3 aromatic rings. The number of rotatable bonds is 5. The van der Waals surface area contributed by atoms with E-state index in [-0.39, 0.29) is 23.9 Å². The van der Waals surface area contributed by atoms with E-state index in [2.05, 4.69) is 14.8 Å². The maximum Gasteiger partial charge on any atom is 0.254 e. The summed E-state index contributed by atoms with van der Waals surface area (Å²) in [5, 5.41) is 0. The van der Waals surface area contributed by atoms with Gasteiger partial charge in [-0.2, -0.15) is 0 Å². The minimum absolute atomic E-state index is 0.0438. The van der Waals surface area contributed by atoms with Gasteiger partial charge in [-0.05, 0) is 54.3 Å². The van der Waals surface area contributed by atoms with E-state index in [0.717, 1.165) is 61.5 Å². The number of methoxy groups -OCH3 is 1. The standard InChI is InChI=1S/C32H36N4O3/c1-39-25-16-14-23(15-17-25)30-29(32(38)35-21-19-34(20-22-35)28-13-7-8-18-33-28)26-11-5-6-12-27(26)31(37)36(30)24-9-3-2-4-10-24/h5-8,11-18,24,29-30H,2-4,9-10,19-22H2,1H3/t29-,30-/m1/s1. The number of benzene rings is 2. The summed E-state index contributed by atoms with van der Waals surface area (Å²) >= 11 is 0. The first-order valence-electron chi connectivity index (χ1n) is 14.2. The molecule has 6 rings (SSSR count). The van der Waals surface area contributed by atoms with Crippen molar-refractivity contribution in [2.75, 3.05) is 38.2 Å². The van der Waals surface area contributed by atoms with Crippen LogP contribution in [-0.2, 0) is 4.79 Å². The van der Waals surface area contributed by atoms with Crippen LogP contribution < -0.4 is 9.64 Å². The number of anilines is 1. The van der Waals surface area contributed by atoms with Crippen molar-refractivity contribution in [3.05, 3.63) is 89.6 Å². The fraction of sp³-hybridized carbons (Fsp3) is 0.406. The van der Waals surface area contributed by atoms with Gasteiger partial charge in [0.05, 0.1) is 19.1 Å². The van der Waals surface area contributed by atoms with E-state index in [0.29, 0.717) is 18.7 Å². The second kappa shape index (κ2) is 11.1. The smallest absolute Gasteiger partial charge is 0.254 e. The van der Waals surface area contributed by atoms with Crippen molar-refractivity contribution in [2.45, 2.75) is 50.1 Å². The fourth-order valence-corrected chi connectivity index (χ4v) is 6.63. The Kier molecular flexibility index (Phi) is 7.22. The Morgan fingerprint density at radius 3 is 2.28 bits per heavy atom. The molecule has 3 heterocycles. The predicted molar refractivity (Wildman–Crippen MR) is 151 cm³/mol. The van der Waals surface area contributed by atoms with Crippen molar-refractivity contribution >= 4 is 17.6 Å². The minimum Gasteiger partial charge on any atom is -0.497 e. The molecule has 202 valence electrons. The van der Waals surface area contributed by atoms with Gasteiger partial charge in [-0.25, -0.2) is 4.98 Å². The van der Waals surface area contributed by atoms with E-state index in [9.17, 15) is 9.59 Å². The van der Waals surface area contributed by atoms with Crippen molar-refractivity contribution in [2.24, 2.45) is 0 Å². The molecule has 39 heavy (non-hydrogen) atoms. The van der Waals surface area contributed by atoms with Crippen molar-refractivity contribution < 1.29 is 14.3 Å². The van der Waals surface area contributed by atoms with Crippen LogP contribution in [0.15, 0.2) is 72.9 Å². The Hall–Kier alpha value is -3.87. The molecule has 0 unspecified atom stereocenters. The van der Waals surface area contributed by atoms with E-state index in [1.807, 2.05) is 77.8 Å². The zero-order valence-electron chi connectivity index (χ0n) is 22.5. The lowest BCUT2D eigenvalue weighted by molar-refractivity contribution is -0.135. The van der Waals surface area contributed by atoms with Gasteiger partial charge in [-0.3, -0.25) is 9.59 Å². The number of nitrogens with zero attached hydrogens (tertiary/aromatic N) is 4. The van der Waals surface area contributed by atoms with Crippen LogP contribution in [0.2, 0.25) is 0 Å². The molecular formula is C32H36N4O3. The van der Waals surface area contributed by atoms with Crippen molar-refractivity contribution in [1.82, 2.24) is 14.8 Å². The van der Waals surface area contributed by atoms with Crippen LogP contribution >= 0.6 is 0 Å². The summed E-state index contributed by atoms with van der Waals surface area (Å²) in [5.74, 6) is 1.38. The molecule has 2 atom stereocenters. The summed E-state index contributed by atoms with van der Waals surface area (Å²) in [6, 6.07) is 21.4. The average molecular weight is 525 g/mol. The van der Waals surface area contributed by atoms with Crippen molar-refractivity contribution in [1.29, 1.82) is 0 Å². The minimum atomic E-state index is -0.462. The maximum absolute atomic E-state index is 14.5. The molecule has 7 nitrogen and oxygen atoms in total. The highest BCUT2D eigenvalue weighted by Gasteiger charge is 2.48. The molecule has 2 amide bonds. The normalized spacial score (nSPS) is 22.0. The first kappa shape index (κ1) is 25.4. The largest absolute Gasteiger partial charge is 0.497 e. The molecule has 7 heteroatoms. The first-order valence-corrected chi connectivity index (χ1v) is 14.2. The van der Waals surface area contributed by atoms with Gasteiger partial charge in [0.1, 0.15) is 11.6 Å². The lowest BCUT2D eigenvalue weighted by Crippen LogP contribution is -2.55. The van der Waals surface area contributed by atoms with Gasteiger partial charge in [0.15, 0.2) is 0 Å². The van der Waals surface area contributed by atoms with Crippen LogP contribution in [0.5, 0.6) is 5.75 Å². The average Bonchev–Trinajstić information content (AvgIpc) is 3.01. The Labute approximate surface area is 230 Å². The highest BCUT2D eigenvalue weighted by atomic mass is 16.5. The fourth-order valence-electron chi connectivity index (χ4n) is 6.63. The van der Waals surface area contributed by atoms with E-state index in [1.165, 1.54) is 6.42 Å². The summed E-state index contributed by atoms with van der Waals surface area (Å²) < 4.78 is 5.43. The molecular weight excluding hydrogens is 488 g/mol. The molecule has 0 bridgehead atoms. The third-order valence-electron chi connectivity index (χ3n) is 8.63. The second-order valence-corrected chi connectivity index (χ2v) is 10.8. The van der Waals surface area contributed by atoms with E-state index < -0.39 is 5.92 Å². The van der Waals surface area contributed by atoms with Gasteiger partial charge >= 0.3 is 0 Å². The summed E-state index contributed by atoms with van der Waals surface area (Å²) in [6.07, 6.45) is 7.18. The van der Waals surface area contributed by atoms with E-state index >= 15 is 0 Å². The topological polar surface area (TPSA) is 66.0 Å². The van der Waals surface area contributed by atoms with E-state index in [4.69, 9.17) is 4.74 Å². The maximum atomic E-state index is 14.5. The van der Waals surface area contributed by atoms with Crippen LogP contribution in [0.4, 0.5) is 5.82 Å². The zero-order chi connectivity index (χ0) is 26.8. The highest BCUT2D eigenvalue weighted by molar-refractivity contribution is 6.01. The molecule has 1 aliphatic carbocycles. The molecule has 2 aromatic carbocycles. The SMILES string of the molecule is COc1ccc([C@@H]2[C@H](C(=O)N3CCN(c4ccccn4)CC3)c3ccccc3C(=O)N2C2CCCCC2)cc1. The summed E-state index contributed by atoms with van der Waals surface area (Å²) in [6.45, 7) is 2.72. The van der Waals surface area contributed by atoms with Gasteiger partial charge in [0, 0.05) is 44.0 Å². The van der Waals surface area contributed by atoms with Crippen molar-refractivity contribution in [3.63, 3.8) is 0 Å². The molecule has 1 saturated heterocycles. The van der Waals surface area contributed by atoms with Crippen LogP contribution in [0.3, 0.4) is 0 Å². The molecule has 0 N–H and O–H groups in total. The number of hydrogen-bond acceptors (Lipinski definition) is 5. The quantitative estimate of drug-likeness (QED) is 0.467. The van der Waals surface area contributed by atoms with Crippen LogP contribution in [0, 0.1) is 0 Å². The lowest BCUT2D eigenvalue weighted by Gasteiger charge is -2.48. The zero-order valence-corrected chi connectivity index (χ0v) is 22.5. The number of piperazine rings is 1. The summed E-state index contributed by atoms with van der Waals surface area (Å²) in [4.78, 5) is 39.4. The van der Waals surface area contributed by atoms with Gasteiger partial charge in [-0.15, -0.1) is 0 Å². The number of carbonyl (C=O) groups excluding carboxylic acids is 2. The number of amides is 2. The number of fused-ring (bicyclic) bond motifs is 1. The summed E-state index contributed by atoms with van der Waals surface area (Å²) in [7, 11) is 1.65. The first-order chi connectivity index (χ1) is 19.2. The Morgan fingerprint density at radius 1 is 0.872 bits per heavy atom. The second-order valence-electron chi connectivity index (χ2n) is 10.8. The third-order valence-corrected chi connectivity index (χ3v) is 8.63. The molecule has 0 radical (unpaired) electrons. The number of aromatic nitrogens is 1. The van der Waals surface area contributed by atoms with Gasteiger partial charge in [0.2, 0.25) is 5.91 Å². The molecule has 1 saturated carbocycles. The van der Waals surface area contributed by atoms with Gasteiger partial charge in [-0.1, -0.05) is 55.7 Å². The molecule has 2 fully saturated rings. The van der Waals surface area contributed by atoms with Crippen LogP contribution in [-0.4, -0.2) is 65.9 Å². The van der Waals surface area contributed by atoms with Gasteiger partial charge in [0.25, 0.3) is 5.91 Å². The highest BCUT2D eigenvalue weighted by Crippen LogP contribution is 2.46. The Morgan fingerprint density at radius 2 is 1.59 bits per heavy atom. The number of hydrogen-bond donors (Lipinski definition) is 0. The number of carbonyl (C=O) groups is 2. The molecule has 0 spiro atoms. The Balaban J connectivity index is 1.38. The van der Waals surface area contributed by atoms with Crippen molar-refractivity contribution in [3.8, 4) is 5.75 Å². The van der Waals surface area contributed by atoms with Crippen LogP contribution in [0.25, 0.3) is 0 Å². The monoisotopic (exact) mass is 524 g/mol. The summed E-state index contributed by atoms with van der Waals surface area (Å²) in [5.41, 5.74) is 2.49. The molecule has 3 aliphatic rings. The third kappa shape index (κ3) is 4.86. The lowest BCUT2D eigenvalue weighted by atomic mass is 9.77. The number of ether oxygens (including phenoxy) is 1. The Bertz CT molecular complexity index is 1300. The predicted octanol–water partition coefficient (Wildman–Crippen LogP) is 5.05. The van der Waals surface area contributed by atoms with Gasteiger partial charge < -0.3 is 19.4 Å². The molecule has 1 aromatic heterocycles. The molecule has 2 aliphatic heterocycles. The number of pyridine rings is 1.